The Kier molecular flexibility index (Phi) is 14.9. The third kappa shape index (κ3) is 15.9. The summed E-state index contributed by atoms with van der Waals surface area (Å²) < 4.78 is 9.50. The highest BCUT2D eigenvalue weighted by Gasteiger charge is 2.06. The lowest BCUT2D eigenvalue weighted by molar-refractivity contribution is -0.0121. The van der Waals surface area contributed by atoms with Crippen LogP contribution < -0.4 is 0 Å². The molecule has 0 radical (unpaired) electrons. The van der Waals surface area contributed by atoms with E-state index in [2.05, 4.69) is 11.6 Å². The van der Waals surface area contributed by atoms with Crippen molar-refractivity contribution >= 4 is 7.32 Å². The summed E-state index contributed by atoms with van der Waals surface area (Å²) in [5.74, 6) is 0. The van der Waals surface area contributed by atoms with Crippen molar-refractivity contribution in [3.63, 3.8) is 0 Å². The van der Waals surface area contributed by atoms with Crippen molar-refractivity contribution < 1.29 is 19.4 Å². The molecule has 0 unspecified atom stereocenters. The van der Waals surface area contributed by atoms with Gasteiger partial charge in [0.25, 0.3) is 0 Å². The molecule has 0 saturated heterocycles. The number of ether oxygens (including phenoxy) is 1. The van der Waals surface area contributed by atoms with Gasteiger partial charge in [-0.25, -0.2) is 0 Å². The number of rotatable bonds is 14. The molecule has 0 aromatic carbocycles. The highest BCUT2D eigenvalue weighted by atomic mass is 16.7. The van der Waals surface area contributed by atoms with Gasteiger partial charge in [-0.15, -0.1) is 0 Å². The third-order valence-electron chi connectivity index (χ3n) is 2.94. The van der Waals surface area contributed by atoms with Crippen LogP contribution in [0.4, 0.5) is 0 Å². The minimum atomic E-state index is -1.72. The zero-order chi connectivity index (χ0) is 13.5. The van der Waals surface area contributed by atoms with Gasteiger partial charge in [0.15, 0.2) is 0 Å². The Balaban J connectivity index is 2.90. The lowest BCUT2D eigenvalue weighted by atomic mass is 10.1. The van der Waals surface area contributed by atoms with Gasteiger partial charge in [0, 0.05) is 6.61 Å². The molecule has 5 heteroatoms. The first-order valence-electron chi connectivity index (χ1n) is 7.33. The second-order valence-corrected chi connectivity index (χ2v) is 4.70. The largest absolute Gasteiger partial charge is 0.635 e. The number of hydrogen-bond acceptors (Lipinski definition) is 4. The molecular formula is C13H29BO4. The van der Waals surface area contributed by atoms with Crippen molar-refractivity contribution in [3.05, 3.63) is 0 Å². The molecule has 18 heavy (non-hydrogen) atoms. The molecule has 0 heterocycles. The van der Waals surface area contributed by atoms with Crippen molar-refractivity contribution in [2.75, 3.05) is 13.4 Å². The molecule has 0 atom stereocenters. The summed E-state index contributed by atoms with van der Waals surface area (Å²) in [5, 5.41) is 16.8. The summed E-state index contributed by atoms with van der Waals surface area (Å²) in [7, 11) is -1.72. The zero-order valence-electron chi connectivity index (χ0n) is 11.8. The standard InChI is InChI=1S/C13H29BO4/c1-2-3-4-5-6-7-8-9-10-11-12-17-13-18-14(15)16/h15-16H,2-13H2,1H3. The fourth-order valence-electron chi connectivity index (χ4n) is 1.86. The Morgan fingerprint density at radius 1 is 0.778 bits per heavy atom. The normalized spacial score (nSPS) is 10.8. The lowest BCUT2D eigenvalue weighted by Crippen LogP contribution is -2.18. The van der Waals surface area contributed by atoms with Gasteiger partial charge in [0.05, 0.1) is 0 Å². The Morgan fingerprint density at radius 2 is 1.28 bits per heavy atom. The van der Waals surface area contributed by atoms with Crippen LogP contribution in [0.25, 0.3) is 0 Å². The quantitative estimate of drug-likeness (QED) is 0.286. The molecule has 0 aromatic heterocycles. The molecule has 0 aliphatic heterocycles. The van der Waals surface area contributed by atoms with Gasteiger partial charge in [0.2, 0.25) is 0 Å². The minimum Gasteiger partial charge on any atom is -0.402 e. The van der Waals surface area contributed by atoms with E-state index in [9.17, 15) is 0 Å². The van der Waals surface area contributed by atoms with Crippen LogP contribution in [0.1, 0.15) is 71.1 Å². The van der Waals surface area contributed by atoms with Gasteiger partial charge in [-0.05, 0) is 6.42 Å². The summed E-state index contributed by atoms with van der Waals surface area (Å²) in [6.45, 7) is 2.83. The Labute approximate surface area is 112 Å². The zero-order valence-corrected chi connectivity index (χ0v) is 11.8. The van der Waals surface area contributed by atoms with E-state index in [-0.39, 0.29) is 6.79 Å². The van der Waals surface area contributed by atoms with E-state index in [4.69, 9.17) is 14.8 Å². The Morgan fingerprint density at radius 3 is 1.78 bits per heavy atom. The van der Waals surface area contributed by atoms with E-state index in [1.165, 1.54) is 57.8 Å². The first kappa shape index (κ1) is 17.9. The molecule has 108 valence electrons. The van der Waals surface area contributed by atoms with Crippen LogP contribution in [0.2, 0.25) is 0 Å². The maximum atomic E-state index is 8.38. The van der Waals surface area contributed by atoms with E-state index in [0.29, 0.717) is 6.61 Å². The Hall–Kier alpha value is -0.0951. The van der Waals surface area contributed by atoms with Gasteiger partial charge in [-0.2, -0.15) is 0 Å². The third-order valence-corrected chi connectivity index (χ3v) is 2.94. The first-order valence-corrected chi connectivity index (χ1v) is 7.33. The molecule has 0 aliphatic carbocycles. The smallest absolute Gasteiger partial charge is 0.402 e. The fraction of sp³-hybridized carbons (Fsp3) is 1.00. The molecule has 0 amide bonds. The summed E-state index contributed by atoms with van der Waals surface area (Å²) in [5.41, 5.74) is 0. The highest BCUT2D eigenvalue weighted by Crippen LogP contribution is 2.10. The molecule has 0 rings (SSSR count). The minimum absolute atomic E-state index is 0.0465. The summed E-state index contributed by atoms with van der Waals surface area (Å²) in [6, 6.07) is 0. The van der Waals surface area contributed by atoms with Crippen LogP contribution >= 0.6 is 0 Å². The van der Waals surface area contributed by atoms with E-state index in [1.54, 1.807) is 0 Å². The van der Waals surface area contributed by atoms with Gasteiger partial charge < -0.3 is 19.4 Å². The van der Waals surface area contributed by atoms with Crippen molar-refractivity contribution in [1.29, 1.82) is 0 Å². The SMILES string of the molecule is CCCCCCCCCCCCOCOB(O)O. The van der Waals surface area contributed by atoms with Crippen molar-refractivity contribution in [3.8, 4) is 0 Å². The van der Waals surface area contributed by atoms with E-state index in [0.717, 1.165) is 6.42 Å². The van der Waals surface area contributed by atoms with Gasteiger partial charge in [-0.3, -0.25) is 0 Å². The summed E-state index contributed by atoms with van der Waals surface area (Å²) >= 11 is 0. The molecule has 0 spiro atoms. The van der Waals surface area contributed by atoms with E-state index < -0.39 is 7.32 Å². The van der Waals surface area contributed by atoms with Crippen molar-refractivity contribution in [2.45, 2.75) is 71.1 Å². The molecule has 4 nitrogen and oxygen atoms in total. The average molecular weight is 260 g/mol. The molecule has 0 saturated carbocycles. The maximum absolute atomic E-state index is 8.38. The van der Waals surface area contributed by atoms with E-state index in [1.807, 2.05) is 0 Å². The lowest BCUT2D eigenvalue weighted by Gasteiger charge is -2.05. The summed E-state index contributed by atoms with van der Waals surface area (Å²) in [6.07, 6.45) is 13.0. The molecule has 0 fully saturated rings. The van der Waals surface area contributed by atoms with Gasteiger partial charge in [-0.1, -0.05) is 64.7 Å². The van der Waals surface area contributed by atoms with Crippen LogP contribution in [0.3, 0.4) is 0 Å². The van der Waals surface area contributed by atoms with Crippen LogP contribution in [0, 0.1) is 0 Å². The highest BCUT2D eigenvalue weighted by molar-refractivity contribution is 6.32. The van der Waals surface area contributed by atoms with Crippen LogP contribution in [0.5, 0.6) is 0 Å². The topological polar surface area (TPSA) is 58.9 Å². The van der Waals surface area contributed by atoms with Gasteiger partial charge in [0.1, 0.15) is 6.79 Å². The number of unbranched alkanes of at least 4 members (excludes halogenated alkanes) is 9. The number of hydrogen-bond donors (Lipinski definition) is 2. The van der Waals surface area contributed by atoms with Crippen molar-refractivity contribution in [2.24, 2.45) is 0 Å². The predicted octanol–water partition coefficient (Wildman–Crippen LogP) is 2.87. The molecule has 0 aromatic rings. The predicted molar refractivity (Wildman–Crippen MR) is 73.9 cm³/mol. The molecule has 2 N–H and O–H groups in total. The summed E-state index contributed by atoms with van der Waals surface area (Å²) in [4.78, 5) is 0. The first-order chi connectivity index (χ1) is 8.77. The average Bonchev–Trinajstić information content (AvgIpc) is 2.34. The molecule has 0 bridgehead atoms. The molecule has 0 aliphatic rings. The maximum Gasteiger partial charge on any atom is 0.635 e. The fourth-order valence-corrected chi connectivity index (χ4v) is 1.86. The molecular weight excluding hydrogens is 231 g/mol. The van der Waals surface area contributed by atoms with E-state index >= 15 is 0 Å². The van der Waals surface area contributed by atoms with Crippen LogP contribution in [-0.2, 0) is 9.39 Å². The second-order valence-electron chi connectivity index (χ2n) is 4.70. The Bertz CT molecular complexity index is 156. The van der Waals surface area contributed by atoms with Crippen LogP contribution in [0.15, 0.2) is 0 Å². The van der Waals surface area contributed by atoms with Crippen molar-refractivity contribution in [1.82, 2.24) is 0 Å². The monoisotopic (exact) mass is 260 g/mol. The van der Waals surface area contributed by atoms with Gasteiger partial charge >= 0.3 is 7.32 Å². The second kappa shape index (κ2) is 15.0. The van der Waals surface area contributed by atoms with Crippen LogP contribution in [-0.4, -0.2) is 30.8 Å².